The molecule has 2 aromatic rings. The van der Waals surface area contributed by atoms with Crippen LogP contribution in [0.3, 0.4) is 0 Å². The van der Waals surface area contributed by atoms with Gasteiger partial charge in [-0.1, -0.05) is 24.3 Å². The molecule has 3 N–H and O–H groups in total. The Bertz CT molecular complexity index is 963. The summed E-state index contributed by atoms with van der Waals surface area (Å²) in [6.45, 7) is 0. The summed E-state index contributed by atoms with van der Waals surface area (Å²) in [4.78, 5) is 35.8. The molecule has 1 aromatic heterocycles. The molecule has 1 heterocycles. The first-order chi connectivity index (χ1) is 13.2. The van der Waals surface area contributed by atoms with Gasteiger partial charge in [0.05, 0.1) is 18.9 Å². The SMILES string of the molecule is COc1cnn(C)c(=O)c1-c1ccc(C[C@H](NC(=O)C2(O)CC2)C(=O)O)cc1. The number of carboxylic acid groups (broad SMARTS) is 1. The van der Waals surface area contributed by atoms with Crippen LogP contribution in [0.5, 0.6) is 5.75 Å². The third-order valence-corrected chi connectivity index (χ3v) is 4.75. The van der Waals surface area contributed by atoms with Gasteiger partial charge in [-0.2, -0.15) is 5.10 Å². The second-order valence-corrected chi connectivity index (χ2v) is 6.81. The Kier molecular flexibility index (Phi) is 5.19. The average molecular weight is 387 g/mol. The van der Waals surface area contributed by atoms with Crippen molar-refractivity contribution in [2.24, 2.45) is 7.05 Å². The van der Waals surface area contributed by atoms with E-state index in [0.29, 0.717) is 35.3 Å². The van der Waals surface area contributed by atoms with Crippen molar-refractivity contribution < 1.29 is 24.5 Å². The second kappa shape index (κ2) is 7.43. The van der Waals surface area contributed by atoms with Crippen LogP contribution in [-0.4, -0.2) is 50.6 Å². The molecule has 1 aliphatic rings. The first kappa shape index (κ1) is 19.6. The fourth-order valence-electron chi connectivity index (χ4n) is 2.83. The zero-order valence-corrected chi connectivity index (χ0v) is 15.5. The Labute approximate surface area is 160 Å². The van der Waals surface area contributed by atoms with Gasteiger partial charge in [-0.15, -0.1) is 0 Å². The summed E-state index contributed by atoms with van der Waals surface area (Å²) in [5, 5.41) is 25.5. The number of rotatable bonds is 7. The topological polar surface area (TPSA) is 131 Å². The average Bonchev–Trinajstić information content (AvgIpc) is 3.42. The molecule has 1 saturated carbocycles. The quantitative estimate of drug-likeness (QED) is 0.614. The molecule has 1 amide bonds. The van der Waals surface area contributed by atoms with Crippen molar-refractivity contribution in [3.8, 4) is 16.9 Å². The molecule has 1 atom stereocenters. The standard InChI is InChI=1S/C19H21N3O6/c1-22-16(23)15(14(28-2)10-20-22)12-5-3-11(4-6-12)9-13(17(24)25)21-18(26)19(27)7-8-19/h3-6,10,13,27H,7-9H2,1-2H3,(H,21,26)(H,24,25)/t13-/m0/s1. The zero-order chi connectivity index (χ0) is 20.5. The summed E-state index contributed by atoms with van der Waals surface area (Å²) in [7, 11) is 2.98. The molecule has 0 spiro atoms. The summed E-state index contributed by atoms with van der Waals surface area (Å²) in [5.41, 5.74) is -0.142. The Morgan fingerprint density at radius 1 is 1.32 bits per heavy atom. The minimum Gasteiger partial charge on any atom is -0.494 e. The Hall–Kier alpha value is -3.20. The zero-order valence-electron chi connectivity index (χ0n) is 15.5. The Morgan fingerprint density at radius 2 is 1.96 bits per heavy atom. The lowest BCUT2D eigenvalue weighted by Crippen LogP contribution is -2.47. The number of benzene rings is 1. The van der Waals surface area contributed by atoms with Crippen molar-refractivity contribution in [3.63, 3.8) is 0 Å². The molecule has 3 rings (SSSR count). The van der Waals surface area contributed by atoms with Gasteiger partial charge in [0, 0.05) is 13.5 Å². The van der Waals surface area contributed by atoms with Gasteiger partial charge in [0.1, 0.15) is 11.6 Å². The maximum atomic E-state index is 12.4. The van der Waals surface area contributed by atoms with Gasteiger partial charge < -0.3 is 20.3 Å². The number of amides is 1. The van der Waals surface area contributed by atoms with Gasteiger partial charge in [-0.05, 0) is 24.0 Å². The molecule has 1 aromatic carbocycles. The number of hydrogen-bond donors (Lipinski definition) is 3. The van der Waals surface area contributed by atoms with Crippen LogP contribution in [-0.2, 0) is 23.1 Å². The highest BCUT2D eigenvalue weighted by molar-refractivity contribution is 5.91. The van der Waals surface area contributed by atoms with Crippen LogP contribution >= 0.6 is 0 Å². The third-order valence-electron chi connectivity index (χ3n) is 4.75. The molecule has 0 unspecified atom stereocenters. The summed E-state index contributed by atoms with van der Waals surface area (Å²) in [6, 6.07) is 5.57. The smallest absolute Gasteiger partial charge is 0.326 e. The van der Waals surface area contributed by atoms with E-state index in [9.17, 15) is 24.6 Å². The molecular formula is C19H21N3O6. The number of hydrogen-bond acceptors (Lipinski definition) is 6. The van der Waals surface area contributed by atoms with Crippen LogP contribution < -0.4 is 15.6 Å². The van der Waals surface area contributed by atoms with Crippen LogP contribution in [0.15, 0.2) is 35.3 Å². The number of aryl methyl sites for hydroxylation is 1. The number of methoxy groups -OCH3 is 1. The molecule has 1 aliphatic carbocycles. The Balaban J connectivity index is 1.81. The van der Waals surface area contributed by atoms with Crippen molar-refractivity contribution in [3.05, 3.63) is 46.4 Å². The van der Waals surface area contributed by atoms with Crippen molar-refractivity contribution in [1.82, 2.24) is 15.1 Å². The highest BCUT2D eigenvalue weighted by atomic mass is 16.5. The Morgan fingerprint density at radius 3 is 2.50 bits per heavy atom. The van der Waals surface area contributed by atoms with Crippen molar-refractivity contribution in [1.29, 1.82) is 0 Å². The predicted octanol–water partition coefficient (Wildman–Crippen LogP) is 0.0927. The highest BCUT2D eigenvalue weighted by Gasteiger charge is 2.48. The van der Waals surface area contributed by atoms with Crippen LogP contribution in [0.4, 0.5) is 0 Å². The van der Waals surface area contributed by atoms with Crippen LogP contribution in [0, 0.1) is 0 Å². The number of carbonyl (C=O) groups excluding carboxylic acids is 1. The van der Waals surface area contributed by atoms with Crippen molar-refractivity contribution in [2.75, 3.05) is 7.11 Å². The lowest BCUT2D eigenvalue weighted by Gasteiger charge is -2.17. The molecule has 0 aliphatic heterocycles. The molecule has 0 bridgehead atoms. The lowest BCUT2D eigenvalue weighted by atomic mass is 10.0. The monoisotopic (exact) mass is 387 g/mol. The van der Waals surface area contributed by atoms with Crippen LogP contribution in [0.1, 0.15) is 18.4 Å². The van der Waals surface area contributed by atoms with E-state index in [4.69, 9.17) is 4.74 Å². The molecule has 0 saturated heterocycles. The van der Waals surface area contributed by atoms with E-state index in [0.717, 1.165) is 0 Å². The number of aliphatic hydroxyl groups is 1. The first-order valence-electron chi connectivity index (χ1n) is 8.71. The van der Waals surface area contributed by atoms with E-state index in [1.54, 1.807) is 24.3 Å². The largest absolute Gasteiger partial charge is 0.494 e. The van der Waals surface area contributed by atoms with Crippen LogP contribution in [0.2, 0.25) is 0 Å². The maximum Gasteiger partial charge on any atom is 0.326 e. The van der Waals surface area contributed by atoms with Gasteiger partial charge in [0.2, 0.25) is 0 Å². The predicted molar refractivity (Wildman–Crippen MR) is 98.9 cm³/mol. The minimum absolute atomic E-state index is 0.0446. The molecule has 9 heteroatoms. The second-order valence-electron chi connectivity index (χ2n) is 6.81. The van der Waals surface area contributed by atoms with E-state index < -0.39 is 23.5 Å². The van der Waals surface area contributed by atoms with Gasteiger partial charge in [-0.3, -0.25) is 9.59 Å². The number of nitrogens with one attached hydrogen (secondary N) is 1. The summed E-state index contributed by atoms with van der Waals surface area (Å²) >= 11 is 0. The normalized spacial score (nSPS) is 15.5. The summed E-state index contributed by atoms with van der Waals surface area (Å²) in [6.07, 6.45) is 2.16. The molecular weight excluding hydrogens is 366 g/mol. The van der Waals surface area contributed by atoms with E-state index in [1.165, 1.54) is 25.0 Å². The number of aliphatic carboxylic acids is 1. The van der Waals surface area contributed by atoms with Gasteiger partial charge in [-0.25, -0.2) is 9.48 Å². The van der Waals surface area contributed by atoms with Gasteiger partial charge in [0.25, 0.3) is 11.5 Å². The lowest BCUT2D eigenvalue weighted by molar-refractivity contribution is -0.143. The third kappa shape index (κ3) is 3.89. The fraction of sp³-hybridized carbons (Fsp3) is 0.368. The molecule has 1 fully saturated rings. The van der Waals surface area contributed by atoms with E-state index in [1.807, 2.05) is 0 Å². The van der Waals surface area contributed by atoms with Gasteiger partial charge in [0.15, 0.2) is 5.75 Å². The van der Waals surface area contributed by atoms with Crippen LogP contribution in [0.25, 0.3) is 11.1 Å². The summed E-state index contributed by atoms with van der Waals surface area (Å²) < 4.78 is 6.42. The minimum atomic E-state index is -1.44. The first-order valence-corrected chi connectivity index (χ1v) is 8.71. The van der Waals surface area contributed by atoms with E-state index >= 15 is 0 Å². The maximum absolute atomic E-state index is 12.4. The number of nitrogens with zero attached hydrogens (tertiary/aromatic N) is 2. The van der Waals surface area contributed by atoms with Crippen molar-refractivity contribution >= 4 is 11.9 Å². The number of carbonyl (C=O) groups is 2. The molecule has 9 nitrogen and oxygen atoms in total. The van der Waals surface area contributed by atoms with E-state index in [-0.39, 0.29) is 12.0 Å². The number of aromatic nitrogens is 2. The van der Waals surface area contributed by atoms with E-state index in [2.05, 4.69) is 10.4 Å². The highest BCUT2D eigenvalue weighted by Crippen LogP contribution is 2.35. The molecule has 0 radical (unpaired) electrons. The number of ether oxygens (including phenoxy) is 1. The molecule has 148 valence electrons. The number of carboxylic acids is 1. The fourth-order valence-corrected chi connectivity index (χ4v) is 2.83. The molecule has 28 heavy (non-hydrogen) atoms. The van der Waals surface area contributed by atoms with Gasteiger partial charge >= 0.3 is 5.97 Å². The summed E-state index contributed by atoms with van der Waals surface area (Å²) in [5.74, 6) is -1.52. The van der Waals surface area contributed by atoms with Crippen molar-refractivity contribution in [2.45, 2.75) is 30.9 Å².